The second-order valence-electron chi connectivity index (χ2n) is 3.02. The first kappa shape index (κ1) is 14.6. The van der Waals surface area contributed by atoms with E-state index in [0.29, 0.717) is 0 Å². The second kappa shape index (κ2) is 5.42. The molecule has 0 amide bonds. The van der Waals surface area contributed by atoms with E-state index in [0.717, 1.165) is 13.3 Å². The van der Waals surface area contributed by atoms with Crippen LogP contribution in [0, 0.1) is 0 Å². The molecule has 0 aliphatic rings. The molecule has 0 fully saturated rings. The molecule has 5 nitrogen and oxygen atoms in total. The molecular formula is C9H7BrF3NO4. The van der Waals surface area contributed by atoms with Crippen molar-refractivity contribution in [2.75, 3.05) is 7.11 Å². The van der Waals surface area contributed by atoms with Crippen molar-refractivity contribution in [3.8, 4) is 5.75 Å². The third-order valence-electron chi connectivity index (χ3n) is 1.88. The Morgan fingerprint density at radius 2 is 2.11 bits per heavy atom. The van der Waals surface area contributed by atoms with Crippen molar-refractivity contribution in [1.29, 1.82) is 0 Å². The zero-order valence-corrected chi connectivity index (χ0v) is 10.5. The molecule has 0 atom stereocenters. The second-order valence-corrected chi connectivity index (χ2v) is 3.58. The van der Waals surface area contributed by atoms with Gasteiger partial charge in [-0.15, -0.1) is 13.2 Å². The minimum atomic E-state index is -5.08. The third kappa shape index (κ3) is 3.25. The molecule has 1 heterocycles. The summed E-state index contributed by atoms with van der Waals surface area (Å²) in [6.45, 7) is 0. The van der Waals surface area contributed by atoms with Crippen LogP contribution in [0.25, 0.3) is 0 Å². The van der Waals surface area contributed by atoms with Crippen LogP contribution in [0.3, 0.4) is 0 Å². The number of aromatic amines is 1. The van der Waals surface area contributed by atoms with E-state index in [-0.39, 0.29) is 10.9 Å². The Kier molecular flexibility index (Phi) is 4.38. The number of esters is 1. The number of pyridine rings is 1. The Balaban J connectivity index is 3.46. The average molecular weight is 330 g/mol. The summed E-state index contributed by atoms with van der Waals surface area (Å²) in [5, 5.41) is 0.0441. The standard InChI is InChI=1S/C9H7BrF3NO4/c1-17-8(16)5-4(2-10)3-14-7(15)6(5)18-9(11,12)13/h3H,2H2,1H3,(H,14,15). The summed E-state index contributed by atoms with van der Waals surface area (Å²) in [4.78, 5) is 24.8. The number of alkyl halides is 4. The molecular weight excluding hydrogens is 323 g/mol. The van der Waals surface area contributed by atoms with E-state index in [9.17, 15) is 22.8 Å². The van der Waals surface area contributed by atoms with Crippen molar-refractivity contribution in [1.82, 2.24) is 4.98 Å². The zero-order valence-electron chi connectivity index (χ0n) is 8.93. The molecule has 0 unspecified atom stereocenters. The van der Waals surface area contributed by atoms with Gasteiger partial charge in [0.25, 0.3) is 5.56 Å². The van der Waals surface area contributed by atoms with E-state index in [1.54, 1.807) is 0 Å². The van der Waals surface area contributed by atoms with Crippen molar-refractivity contribution < 1.29 is 27.4 Å². The summed E-state index contributed by atoms with van der Waals surface area (Å²) in [5.74, 6) is -2.22. The Bertz CT molecular complexity index is 512. The summed E-state index contributed by atoms with van der Waals surface area (Å²) in [6.07, 6.45) is -3.98. The molecule has 18 heavy (non-hydrogen) atoms. The van der Waals surface area contributed by atoms with Gasteiger partial charge >= 0.3 is 12.3 Å². The third-order valence-corrected chi connectivity index (χ3v) is 2.49. The van der Waals surface area contributed by atoms with Crippen LogP contribution in [-0.2, 0) is 10.1 Å². The van der Waals surface area contributed by atoms with Gasteiger partial charge in [-0.05, 0) is 5.56 Å². The van der Waals surface area contributed by atoms with Gasteiger partial charge in [-0.3, -0.25) is 4.79 Å². The van der Waals surface area contributed by atoms with Gasteiger partial charge in [-0.2, -0.15) is 0 Å². The maximum Gasteiger partial charge on any atom is 0.573 e. The molecule has 9 heteroatoms. The number of halogens is 4. The van der Waals surface area contributed by atoms with Gasteiger partial charge < -0.3 is 14.5 Å². The highest BCUT2D eigenvalue weighted by atomic mass is 79.9. The first-order chi connectivity index (χ1) is 8.30. The summed E-state index contributed by atoms with van der Waals surface area (Å²) in [5.41, 5.74) is -1.62. The number of ether oxygens (including phenoxy) is 2. The first-order valence-corrected chi connectivity index (χ1v) is 5.57. The molecule has 0 aliphatic heterocycles. The summed E-state index contributed by atoms with van der Waals surface area (Å²) < 4.78 is 44.4. The van der Waals surface area contributed by atoms with E-state index in [4.69, 9.17) is 0 Å². The Morgan fingerprint density at radius 1 is 1.50 bits per heavy atom. The lowest BCUT2D eigenvalue weighted by atomic mass is 10.1. The highest BCUT2D eigenvalue weighted by Gasteiger charge is 2.35. The van der Waals surface area contributed by atoms with Gasteiger partial charge in [0.1, 0.15) is 5.56 Å². The fourth-order valence-electron chi connectivity index (χ4n) is 1.19. The first-order valence-electron chi connectivity index (χ1n) is 4.44. The number of carbonyl (C=O) groups excluding carboxylic acids is 1. The fraction of sp³-hybridized carbons (Fsp3) is 0.333. The van der Waals surface area contributed by atoms with Gasteiger partial charge in [-0.1, -0.05) is 15.9 Å². The fourth-order valence-corrected chi connectivity index (χ4v) is 1.64. The lowest BCUT2D eigenvalue weighted by Gasteiger charge is -2.13. The number of hydrogen-bond acceptors (Lipinski definition) is 4. The predicted molar refractivity (Wildman–Crippen MR) is 57.7 cm³/mol. The lowest BCUT2D eigenvalue weighted by molar-refractivity contribution is -0.275. The predicted octanol–water partition coefficient (Wildman–Crippen LogP) is 1.96. The van der Waals surface area contributed by atoms with Gasteiger partial charge in [0, 0.05) is 11.5 Å². The zero-order chi connectivity index (χ0) is 13.9. The quantitative estimate of drug-likeness (QED) is 0.680. The topological polar surface area (TPSA) is 68.4 Å². The molecule has 1 N–H and O–H groups in total. The molecule has 100 valence electrons. The van der Waals surface area contributed by atoms with Crippen LogP contribution in [-0.4, -0.2) is 24.4 Å². The highest BCUT2D eigenvalue weighted by molar-refractivity contribution is 9.08. The van der Waals surface area contributed by atoms with E-state index < -0.39 is 29.2 Å². The van der Waals surface area contributed by atoms with Crippen LogP contribution in [0.2, 0.25) is 0 Å². The normalized spacial score (nSPS) is 11.2. The van der Waals surface area contributed by atoms with E-state index in [2.05, 4.69) is 25.4 Å². The minimum absolute atomic E-state index is 0.0441. The lowest BCUT2D eigenvalue weighted by Crippen LogP contribution is -2.26. The molecule has 0 aliphatic carbocycles. The largest absolute Gasteiger partial charge is 0.573 e. The van der Waals surface area contributed by atoms with Crippen LogP contribution >= 0.6 is 15.9 Å². The van der Waals surface area contributed by atoms with Crippen molar-refractivity contribution in [2.45, 2.75) is 11.7 Å². The molecule has 0 radical (unpaired) electrons. The van der Waals surface area contributed by atoms with Gasteiger partial charge in [0.2, 0.25) is 5.75 Å². The molecule has 0 aromatic carbocycles. The Morgan fingerprint density at radius 3 is 2.56 bits per heavy atom. The van der Waals surface area contributed by atoms with Crippen LogP contribution in [0.5, 0.6) is 5.75 Å². The number of H-pyrrole nitrogens is 1. The number of hydrogen-bond donors (Lipinski definition) is 1. The van der Waals surface area contributed by atoms with Crippen LogP contribution in [0.15, 0.2) is 11.0 Å². The molecule has 1 aromatic heterocycles. The van der Waals surface area contributed by atoms with Gasteiger partial charge in [-0.25, -0.2) is 4.79 Å². The smallest absolute Gasteiger partial charge is 0.465 e. The van der Waals surface area contributed by atoms with Gasteiger partial charge in [0.15, 0.2) is 0 Å². The van der Waals surface area contributed by atoms with Crippen molar-refractivity contribution in [3.05, 3.63) is 27.7 Å². The van der Waals surface area contributed by atoms with Crippen LogP contribution in [0.4, 0.5) is 13.2 Å². The Hall–Kier alpha value is -1.51. The van der Waals surface area contributed by atoms with Crippen molar-refractivity contribution in [2.24, 2.45) is 0 Å². The summed E-state index contributed by atoms with van der Waals surface area (Å²) in [7, 11) is 0.985. The van der Waals surface area contributed by atoms with Gasteiger partial charge in [0.05, 0.1) is 7.11 Å². The number of aromatic nitrogens is 1. The Labute approximate surface area is 107 Å². The van der Waals surface area contributed by atoms with Crippen molar-refractivity contribution >= 4 is 21.9 Å². The molecule has 1 rings (SSSR count). The molecule has 0 saturated heterocycles. The maximum absolute atomic E-state index is 12.2. The minimum Gasteiger partial charge on any atom is -0.465 e. The van der Waals surface area contributed by atoms with E-state index in [1.165, 1.54) is 0 Å². The molecule has 0 bridgehead atoms. The summed E-state index contributed by atoms with van der Waals surface area (Å²) in [6, 6.07) is 0. The SMILES string of the molecule is COC(=O)c1c(CBr)c[nH]c(=O)c1OC(F)(F)F. The highest BCUT2D eigenvalue weighted by Crippen LogP contribution is 2.26. The van der Waals surface area contributed by atoms with E-state index >= 15 is 0 Å². The van der Waals surface area contributed by atoms with E-state index in [1.807, 2.05) is 4.98 Å². The molecule has 0 saturated carbocycles. The number of nitrogens with one attached hydrogen (secondary N) is 1. The monoisotopic (exact) mass is 329 g/mol. The van der Waals surface area contributed by atoms with Crippen molar-refractivity contribution in [3.63, 3.8) is 0 Å². The molecule has 1 aromatic rings. The van der Waals surface area contributed by atoms with Crippen LogP contribution in [0.1, 0.15) is 15.9 Å². The summed E-state index contributed by atoms with van der Waals surface area (Å²) >= 11 is 2.98. The number of carbonyl (C=O) groups is 1. The average Bonchev–Trinajstić information content (AvgIpc) is 2.29. The number of methoxy groups -OCH3 is 1. The maximum atomic E-state index is 12.2. The van der Waals surface area contributed by atoms with Crippen LogP contribution < -0.4 is 10.3 Å². The number of rotatable bonds is 3. The molecule has 0 spiro atoms.